The zero-order chi connectivity index (χ0) is 12.0. The maximum atomic E-state index is 11.6. The summed E-state index contributed by atoms with van der Waals surface area (Å²) in [5.41, 5.74) is 8.60. The molecule has 0 radical (unpaired) electrons. The molecule has 0 aliphatic carbocycles. The molecule has 16 heavy (non-hydrogen) atoms. The number of nitrogens with zero attached hydrogens (tertiary/aromatic N) is 3. The van der Waals surface area contributed by atoms with Gasteiger partial charge in [-0.2, -0.15) is 0 Å². The molecule has 0 unspecified atom stereocenters. The van der Waals surface area contributed by atoms with Crippen LogP contribution in [0.3, 0.4) is 0 Å². The molecule has 0 saturated heterocycles. The number of sulfone groups is 1. The Kier molecular flexibility index (Phi) is 4.61. The average molecular weight is 260 g/mol. The Balaban J connectivity index is 2.73. The third-order valence-electron chi connectivity index (χ3n) is 1.90. The van der Waals surface area contributed by atoms with Crippen LogP contribution in [0.15, 0.2) is 29.4 Å². The Labute approximate surface area is 98.6 Å². The van der Waals surface area contributed by atoms with Gasteiger partial charge in [0.2, 0.25) is 0 Å². The average Bonchev–Trinajstić information content (AvgIpc) is 2.21. The summed E-state index contributed by atoms with van der Waals surface area (Å²) in [6.07, 6.45) is 0. The van der Waals surface area contributed by atoms with Crippen molar-refractivity contribution in [2.24, 2.45) is 5.11 Å². The van der Waals surface area contributed by atoms with Gasteiger partial charge in [-0.3, -0.25) is 0 Å². The Bertz CT molecular complexity index is 509. The summed E-state index contributed by atoms with van der Waals surface area (Å²) in [6.45, 7) is -0.0523. The van der Waals surface area contributed by atoms with E-state index in [1.54, 1.807) is 24.3 Å². The molecule has 0 heterocycles. The predicted molar refractivity (Wildman–Crippen MR) is 63.0 cm³/mol. The molecular formula is C9H10ClN3O2S. The molecule has 0 aliphatic rings. The van der Waals surface area contributed by atoms with Crippen molar-refractivity contribution < 1.29 is 8.42 Å². The monoisotopic (exact) mass is 259 g/mol. The van der Waals surface area contributed by atoms with Crippen molar-refractivity contribution in [2.45, 2.75) is 5.75 Å². The van der Waals surface area contributed by atoms with E-state index >= 15 is 0 Å². The summed E-state index contributed by atoms with van der Waals surface area (Å²) in [4.78, 5) is 2.50. The highest BCUT2D eigenvalue weighted by atomic mass is 35.5. The van der Waals surface area contributed by atoms with Gasteiger partial charge in [0.25, 0.3) is 0 Å². The van der Waals surface area contributed by atoms with Crippen molar-refractivity contribution in [3.8, 4) is 0 Å². The zero-order valence-corrected chi connectivity index (χ0v) is 9.95. The van der Waals surface area contributed by atoms with Crippen LogP contribution in [0.1, 0.15) is 5.56 Å². The van der Waals surface area contributed by atoms with Crippen molar-refractivity contribution in [2.75, 3.05) is 12.3 Å². The van der Waals surface area contributed by atoms with Gasteiger partial charge in [0, 0.05) is 16.5 Å². The van der Waals surface area contributed by atoms with Crippen LogP contribution >= 0.6 is 11.6 Å². The van der Waals surface area contributed by atoms with Crippen molar-refractivity contribution in [1.82, 2.24) is 0 Å². The van der Waals surface area contributed by atoms with E-state index in [-0.39, 0.29) is 18.1 Å². The van der Waals surface area contributed by atoms with Gasteiger partial charge in [-0.25, -0.2) is 8.42 Å². The van der Waals surface area contributed by atoms with Gasteiger partial charge in [0.1, 0.15) is 0 Å². The van der Waals surface area contributed by atoms with Gasteiger partial charge in [0.15, 0.2) is 9.84 Å². The number of azide groups is 1. The normalized spacial score (nSPS) is 10.8. The third-order valence-corrected chi connectivity index (χ3v) is 3.82. The fourth-order valence-corrected chi connectivity index (χ4v) is 2.66. The second kappa shape index (κ2) is 5.75. The van der Waals surface area contributed by atoms with Gasteiger partial charge >= 0.3 is 0 Å². The molecule has 0 saturated carbocycles. The SMILES string of the molecule is [N-]=[N+]=NCCS(=O)(=O)Cc1ccccc1Cl. The molecule has 1 aromatic rings. The van der Waals surface area contributed by atoms with Gasteiger partial charge < -0.3 is 0 Å². The molecule has 7 heteroatoms. The fraction of sp³-hybridized carbons (Fsp3) is 0.333. The lowest BCUT2D eigenvalue weighted by atomic mass is 10.2. The Hall–Kier alpha value is -1.23. The largest absolute Gasteiger partial charge is 0.228 e. The molecule has 86 valence electrons. The van der Waals surface area contributed by atoms with E-state index in [4.69, 9.17) is 17.1 Å². The summed E-state index contributed by atoms with van der Waals surface area (Å²) < 4.78 is 23.2. The maximum absolute atomic E-state index is 11.6. The lowest BCUT2D eigenvalue weighted by Crippen LogP contribution is -2.11. The van der Waals surface area contributed by atoms with E-state index in [1.165, 1.54) is 0 Å². The van der Waals surface area contributed by atoms with Crippen LogP contribution in [-0.4, -0.2) is 20.7 Å². The van der Waals surface area contributed by atoms with Crippen molar-refractivity contribution in [3.05, 3.63) is 45.3 Å². The molecule has 0 aromatic heterocycles. The first kappa shape index (κ1) is 12.8. The minimum Gasteiger partial charge on any atom is -0.228 e. The van der Waals surface area contributed by atoms with Crippen LogP contribution in [0.4, 0.5) is 0 Å². The highest BCUT2D eigenvalue weighted by Crippen LogP contribution is 2.17. The molecule has 0 aliphatic heterocycles. The summed E-state index contributed by atoms with van der Waals surface area (Å²) >= 11 is 5.85. The highest BCUT2D eigenvalue weighted by Gasteiger charge is 2.12. The second-order valence-electron chi connectivity index (χ2n) is 3.14. The minimum absolute atomic E-state index is 0.0523. The lowest BCUT2D eigenvalue weighted by molar-refractivity contribution is 0.595. The molecule has 0 spiro atoms. The quantitative estimate of drug-likeness (QED) is 0.462. The lowest BCUT2D eigenvalue weighted by Gasteiger charge is -2.04. The molecule has 0 fully saturated rings. The van der Waals surface area contributed by atoms with Crippen LogP contribution in [0.25, 0.3) is 10.4 Å². The van der Waals surface area contributed by atoms with Gasteiger partial charge in [-0.1, -0.05) is 34.9 Å². The molecule has 0 N–H and O–H groups in total. The van der Waals surface area contributed by atoms with E-state index in [0.717, 1.165) is 0 Å². The summed E-state index contributed by atoms with van der Waals surface area (Å²) in [5.74, 6) is -0.296. The van der Waals surface area contributed by atoms with Crippen LogP contribution < -0.4 is 0 Å². The molecule has 1 rings (SSSR count). The molecule has 1 aromatic carbocycles. The van der Waals surface area contributed by atoms with Crippen LogP contribution in [0.2, 0.25) is 5.02 Å². The Morgan fingerprint density at radius 3 is 2.69 bits per heavy atom. The van der Waals surface area contributed by atoms with E-state index < -0.39 is 9.84 Å². The fourth-order valence-electron chi connectivity index (χ4n) is 1.15. The van der Waals surface area contributed by atoms with Crippen molar-refractivity contribution in [1.29, 1.82) is 0 Å². The standard InChI is InChI=1S/C9H10ClN3O2S/c10-9-4-2-1-3-8(9)7-16(14,15)6-5-12-13-11/h1-4H,5-7H2. The van der Waals surface area contributed by atoms with Crippen LogP contribution in [0.5, 0.6) is 0 Å². The minimum atomic E-state index is -3.28. The number of hydrogen-bond donors (Lipinski definition) is 0. The van der Waals surface area contributed by atoms with Gasteiger partial charge in [0.05, 0.1) is 11.5 Å². The molecule has 0 bridgehead atoms. The second-order valence-corrected chi connectivity index (χ2v) is 5.73. The van der Waals surface area contributed by atoms with E-state index in [2.05, 4.69) is 10.0 Å². The smallest absolute Gasteiger partial charge is 0.154 e. The van der Waals surface area contributed by atoms with Gasteiger partial charge in [-0.15, -0.1) is 0 Å². The number of hydrogen-bond acceptors (Lipinski definition) is 3. The number of benzene rings is 1. The van der Waals surface area contributed by atoms with Crippen LogP contribution in [0, 0.1) is 0 Å². The summed E-state index contributed by atoms with van der Waals surface area (Å²) in [7, 11) is -3.28. The van der Waals surface area contributed by atoms with Crippen LogP contribution in [-0.2, 0) is 15.6 Å². The first-order valence-electron chi connectivity index (χ1n) is 4.50. The number of rotatable bonds is 5. The predicted octanol–water partition coefficient (Wildman–Crippen LogP) is 2.57. The number of halogens is 1. The summed E-state index contributed by atoms with van der Waals surface area (Å²) in [6, 6.07) is 6.76. The van der Waals surface area contributed by atoms with E-state index in [0.29, 0.717) is 10.6 Å². The molecular weight excluding hydrogens is 250 g/mol. The first-order chi connectivity index (χ1) is 7.55. The van der Waals surface area contributed by atoms with Crippen molar-refractivity contribution in [3.63, 3.8) is 0 Å². The summed E-state index contributed by atoms with van der Waals surface area (Å²) in [5, 5.41) is 3.62. The molecule has 0 amide bonds. The topological polar surface area (TPSA) is 82.9 Å². The highest BCUT2D eigenvalue weighted by molar-refractivity contribution is 7.90. The van der Waals surface area contributed by atoms with E-state index in [9.17, 15) is 8.42 Å². The maximum Gasteiger partial charge on any atom is 0.154 e. The van der Waals surface area contributed by atoms with Crippen molar-refractivity contribution >= 4 is 21.4 Å². The third kappa shape index (κ3) is 4.10. The first-order valence-corrected chi connectivity index (χ1v) is 6.70. The zero-order valence-electron chi connectivity index (χ0n) is 8.38. The molecule has 0 atom stereocenters. The Morgan fingerprint density at radius 2 is 2.06 bits per heavy atom. The van der Waals surface area contributed by atoms with E-state index in [1.807, 2.05) is 0 Å². The Morgan fingerprint density at radius 1 is 1.38 bits per heavy atom. The van der Waals surface area contributed by atoms with Gasteiger partial charge in [-0.05, 0) is 17.2 Å². The molecule has 5 nitrogen and oxygen atoms in total.